The third kappa shape index (κ3) is 6.30. The number of tetrazole rings is 1. The molecule has 3 aromatic rings. The number of carbonyl (C=O) groups is 1. The number of rotatable bonds is 8. The maximum Gasteiger partial charge on any atom is 0.318 e. The fourth-order valence-corrected chi connectivity index (χ4v) is 4.40. The molecular formula is C25H29BrN6O2. The zero-order chi connectivity index (χ0) is 23.9. The van der Waals surface area contributed by atoms with E-state index in [1.54, 1.807) is 0 Å². The molecule has 9 heteroatoms. The normalized spacial score (nSPS) is 17.2. The van der Waals surface area contributed by atoms with Crippen molar-refractivity contribution < 1.29 is 9.90 Å². The van der Waals surface area contributed by atoms with Gasteiger partial charge in [-0.2, -0.15) is 5.21 Å². The summed E-state index contributed by atoms with van der Waals surface area (Å²) < 4.78 is 1.01. The molecule has 178 valence electrons. The van der Waals surface area contributed by atoms with Gasteiger partial charge >= 0.3 is 6.03 Å². The van der Waals surface area contributed by atoms with Gasteiger partial charge < -0.3 is 15.3 Å². The summed E-state index contributed by atoms with van der Waals surface area (Å²) in [5.41, 5.74) is 2.84. The number of halogens is 1. The maximum atomic E-state index is 13.4. The van der Waals surface area contributed by atoms with Crippen LogP contribution in [0.25, 0.3) is 0 Å². The molecule has 2 aromatic carbocycles. The SMILES string of the molecule is C[C@@H](NC(=O)N(Cc1ccc([C@H](O)Cc2nn[nH]n2)cc1)C1CC=CCC1)c1ccc(Br)cc1. The molecule has 34 heavy (non-hydrogen) atoms. The number of hydrogen-bond acceptors (Lipinski definition) is 5. The minimum Gasteiger partial charge on any atom is -0.388 e. The van der Waals surface area contributed by atoms with Crippen LogP contribution >= 0.6 is 15.9 Å². The van der Waals surface area contributed by atoms with Crippen molar-refractivity contribution in [2.75, 3.05) is 0 Å². The van der Waals surface area contributed by atoms with E-state index in [0.29, 0.717) is 12.4 Å². The molecule has 0 aliphatic heterocycles. The van der Waals surface area contributed by atoms with Crippen LogP contribution in [0.5, 0.6) is 0 Å². The molecule has 1 unspecified atom stereocenters. The van der Waals surface area contributed by atoms with Gasteiger partial charge in [-0.3, -0.25) is 0 Å². The molecule has 0 saturated carbocycles. The smallest absolute Gasteiger partial charge is 0.318 e. The first-order valence-electron chi connectivity index (χ1n) is 11.5. The average molecular weight is 525 g/mol. The van der Waals surface area contributed by atoms with Crippen molar-refractivity contribution in [1.82, 2.24) is 30.8 Å². The Hall–Kier alpha value is -3.04. The lowest BCUT2D eigenvalue weighted by atomic mass is 9.99. The molecule has 3 atom stereocenters. The Morgan fingerprint density at radius 1 is 1.18 bits per heavy atom. The lowest BCUT2D eigenvalue weighted by molar-refractivity contribution is 0.162. The van der Waals surface area contributed by atoms with Crippen LogP contribution in [-0.2, 0) is 13.0 Å². The number of carbonyl (C=O) groups excluding carboxylic acids is 1. The first-order chi connectivity index (χ1) is 16.5. The van der Waals surface area contributed by atoms with E-state index in [1.807, 2.05) is 60.4 Å². The number of nitrogens with one attached hydrogen (secondary N) is 2. The van der Waals surface area contributed by atoms with Crippen molar-refractivity contribution in [2.24, 2.45) is 0 Å². The number of nitrogens with zero attached hydrogens (tertiary/aromatic N) is 4. The molecule has 1 aromatic heterocycles. The van der Waals surface area contributed by atoms with E-state index >= 15 is 0 Å². The molecule has 0 saturated heterocycles. The van der Waals surface area contributed by atoms with Gasteiger partial charge in [0.25, 0.3) is 0 Å². The molecule has 0 spiro atoms. The molecule has 0 fully saturated rings. The van der Waals surface area contributed by atoms with Crippen LogP contribution in [0.3, 0.4) is 0 Å². The maximum absolute atomic E-state index is 13.4. The highest BCUT2D eigenvalue weighted by atomic mass is 79.9. The predicted octanol–water partition coefficient (Wildman–Crippen LogP) is 4.62. The number of benzene rings is 2. The van der Waals surface area contributed by atoms with Crippen LogP contribution in [0.4, 0.5) is 4.79 Å². The van der Waals surface area contributed by atoms with Gasteiger partial charge in [-0.1, -0.05) is 69.7 Å². The minimum atomic E-state index is -0.721. The first kappa shape index (κ1) is 24.1. The van der Waals surface area contributed by atoms with Crippen LogP contribution < -0.4 is 5.32 Å². The Balaban J connectivity index is 1.44. The molecule has 1 aliphatic rings. The van der Waals surface area contributed by atoms with E-state index in [-0.39, 0.29) is 24.5 Å². The predicted molar refractivity (Wildman–Crippen MR) is 133 cm³/mol. The van der Waals surface area contributed by atoms with Gasteiger partial charge in [0.15, 0.2) is 5.82 Å². The van der Waals surface area contributed by atoms with E-state index < -0.39 is 6.10 Å². The lowest BCUT2D eigenvalue weighted by Crippen LogP contribution is -2.46. The summed E-state index contributed by atoms with van der Waals surface area (Å²) in [6, 6.07) is 15.7. The van der Waals surface area contributed by atoms with Crippen molar-refractivity contribution >= 4 is 22.0 Å². The third-order valence-corrected chi connectivity index (χ3v) is 6.66. The summed E-state index contributed by atoms with van der Waals surface area (Å²) in [5.74, 6) is 0.463. The fraction of sp³-hybridized carbons (Fsp3) is 0.360. The number of allylic oxidation sites excluding steroid dienone is 1. The van der Waals surface area contributed by atoms with Crippen molar-refractivity contribution in [3.8, 4) is 0 Å². The minimum absolute atomic E-state index is 0.0723. The van der Waals surface area contributed by atoms with E-state index in [9.17, 15) is 9.90 Å². The molecule has 8 nitrogen and oxygen atoms in total. The second kappa shape index (κ2) is 11.4. The summed E-state index contributed by atoms with van der Waals surface area (Å²) in [6.45, 7) is 2.50. The second-order valence-corrected chi connectivity index (χ2v) is 9.49. The first-order valence-corrected chi connectivity index (χ1v) is 12.3. The summed E-state index contributed by atoms with van der Waals surface area (Å²) in [5, 5.41) is 27.3. The third-order valence-electron chi connectivity index (χ3n) is 6.14. The van der Waals surface area contributed by atoms with Gasteiger partial charge in [0.05, 0.1) is 12.1 Å². The molecule has 1 aliphatic carbocycles. The number of aliphatic hydroxyl groups is 1. The number of urea groups is 1. The molecular weight excluding hydrogens is 496 g/mol. The topological polar surface area (TPSA) is 107 Å². The molecule has 4 rings (SSSR count). The lowest BCUT2D eigenvalue weighted by Gasteiger charge is -2.34. The Kier molecular flexibility index (Phi) is 8.08. The van der Waals surface area contributed by atoms with Gasteiger partial charge in [0, 0.05) is 23.5 Å². The number of H-pyrrole nitrogens is 1. The number of amides is 2. The zero-order valence-electron chi connectivity index (χ0n) is 19.1. The van der Waals surface area contributed by atoms with Gasteiger partial charge in [0.2, 0.25) is 0 Å². The van der Waals surface area contributed by atoms with E-state index in [4.69, 9.17) is 0 Å². The summed E-state index contributed by atoms with van der Waals surface area (Å²) in [6.07, 6.45) is 6.66. The highest BCUT2D eigenvalue weighted by molar-refractivity contribution is 9.10. The highest BCUT2D eigenvalue weighted by Gasteiger charge is 2.25. The molecule has 1 heterocycles. The zero-order valence-corrected chi connectivity index (χ0v) is 20.6. The van der Waals surface area contributed by atoms with Crippen molar-refractivity contribution in [3.63, 3.8) is 0 Å². The molecule has 0 bridgehead atoms. The van der Waals surface area contributed by atoms with Crippen LogP contribution in [0.15, 0.2) is 65.2 Å². The fourth-order valence-electron chi connectivity index (χ4n) is 4.13. The second-order valence-electron chi connectivity index (χ2n) is 8.58. The standard InChI is InChI=1S/C25H29BrN6O2/c1-17(19-11-13-21(26)14-12-19)27-25(34)32(22-5-3-2-4-6-22)16-18-7-9-20(10-8-18)23(33)15-24-28-30-31-29-24/h2-3,7-14,17,22-23,33H,4-6,15-16H2,1H3,(H,27,34)(H,28,29,30,31)/t17-,22?,23-/m1/s1. The Morgan fingerprint density at radius 2 is 1.91 bits per heavy atom. The van der Waals surface area contributed by atoms with Crippen molar-refractivity contribution in [1.29, 1.82) is 0 Å². The van der Waals surface area contributed by atoms with E-state index in [0.717, 1.165) is 40.4 Å². The molecule has 2 amide bonds. The van der Waals surface area contributed by atoms with Crippen LogP contribution in [0, 0.1) is 0 Å². The number of hydrogen-bond donors (Lipinski definition) is 3. The number of aromatic nitrogens is 4. The van der Waals surface area contributed by atoms with Crippen molar-refractivity contribution in [3.05, 3.63) is 87.7 Å². The number of aromatic amines is 1. The van der Waals surface area contributed by atoms with Crippen LogP contribution in [0.1, 0.15) is 60.8 Å². The Labute approximate surface area is 207 Å². The summed E-state index contributed by atoms with van der Waals surface area (Å²) >= 11 is 3.46. The van der Waals surface area contributed by atoms with Gasteiger partial charge in [0.1, 0.15) is 0 Å². The van der Waals surface area contributed by atoms with E-state index in [1.165, 1.54) is 0 Å². The van der Waals surface area contributed by atoms with Gasteiger partial charge in [-0.05, 0) is 55.0 Å². The average Bonchev–Trinajstić information content (AvgIpc) is 3.36. The van der Waals surface area contributed by atoms with Crippen LogP contribution in [0.2, 0.25) is 0 Å². The summed E-state index contributed by atoms with van der Waals surface area (Å²) in [7, 11) is 0. The van der Waals surface area contributed by atoms with E-state index in [2.05, 4.69) is 54.0 Å². The molecule has 3 N–H and O–H groups in total. The monoisotopic (exact) mass is 524 g/mol. The van der Waals surface area contributed by atoms with Crippen LogP contribution in [-0.4, -0.2) is 42.7 Å². The quantitative estimate of drug-likeness (QED) is 0.372. The van der Waals surface area contributed by atoms with Crippen molar-refractivity contribution in [2.45, 2.75) is 57.3 Å². The molecule has 0 radical (unpaired) electrons. The number of aliphatic hydroxyl groups excluding tert-OH is 1. The Morgan fingerprint density at radius 3 is 2.56 bits per heavy atom. The Bertz CT molecular complexity index is 1090. The highest BCUT2D eigenvalue weighted by Crippen LogP contribution is 2.23. The van der Waals surface area contributed by atoms with Gasteiger partial charge in [-0.15, -0.1) is 10.2 Å². The largest absolute Gasteiger partial charge is 0.388 e. The summed E-state index contributed by atoms with van der Waals surface area (Å²) in [4.78, 5) is 15.3. The van der Waals surface area contributed by atoms with Gasteiger partial charge in [-0.25, -0.2) is 4.79 Å².